The van der Waals surface area contributed by atoms with Crippen LogP contribution in [0.3, 0.4) is 0 Å². The summed E-state index contributed by atoms with van der Waals surface area (Å²) in [7, 11) is -4.19. The van der Waals surface area contributed by atoms with E-state index in [9.17, 15) is 22.9 Å². The summed E-state index contributed by atoms with van der Waals surface area (Å²) in [4.78, 5) is 9.18. The topological polar surface area (TPSA) is 89.3 Å². The molecule has 1 N–H and O–H groups in total. The normalized spacial score (nSPS) is 11.2. The molecule has 0 bridgehead atoms. The third-order valence-corrected chi connectivity index (χ3v) is 4.53. The van der Waals surface area contributed by atoms with E-state index in [0.29, 0.717) is 12.1 Å². The van der Waals surface area contributed by atoms with Crippen LogP contribution in [0.2, 0.25) is 10.0 Å². The zero-order chi connectivity index (χ0) is 16.5. The molecule has 6 nitrogen and oxygen atoms in total. The highest BCUT2D eigenvalue weighted by Crippen LogP contribution is 2.29. The number of nitro groups is 1. The van der Waals surface area contributed by atoms with E-state index < -0.39 is 31.3 Å². The minimum absolute atomic E-state index is 0.00106. The molecule has 0 atom stereocenters. The van der Waals surface area contributed by atoms with Crippen LogP contribution < -0.4 is 4.72 Å². The van der Waals surface area contributed by atoms with E-state index in [1.54, 1.807) is 0 Å². The van der Waals surface area contributed by atoms with Crippen LogP contribution >= 0.6 is 23.2 Å². The van der Waals surface area contributed by atoms with Gasteiger partial charge in [-0.3, -0.25) is 14.8 Å². The Balaban J connectivity index is 2.45. The van der Waals surface area contributed by atoms with E-state index in [2.05, 4.69) is 4.72 Å². The highest BCUT2D eigenvalue weighted by Gasteiger charge is 2.22. The zero-order valence-electron chi connectivity index (χ0n) is 10.6. The Kier molecular flexibility index (Phi) is 4.55. The van der Waals surface area contributed by atoms with Gasteiger partial charge in [-0.1, -0.05) is 23.2 Å². The number of anilines is 1. The number of sulfonamides is 1. The summed E-state index contributed by atoms with van der Waals surface area (Å²) in [5.74, 6) is -1.13. The molecular formula is C12H7Cl2FN2O4S. The van der Waals surface area contributed by atoms with Crippen molar-refractivity contribution in [2.24, 2.45) is 0 Å². The van der Waals surface area contributed by atoms with Crippen molar-refractivity contribution < 1.29 is 17.7 Å². The van der Waals surface area contributed by atoms with Gasteiger partial charge >= 0.3 is 5.69 Å². The smallest absolute Gasteiger partial charge is 0.278 e. The number of nitrogens with zero attached hydrogens (tertiary/aromatic N) is 1. The van der Waals surface area contributed by atoms with Crippen molar-refractivity contribution in [1.82, 2.24) is 0 Å². The van der Waals surface area contributed by atoms with Gasteiger partial charge in [0.15, 0.2) is 0 Å². The second-order valence-electron chi connectivity index (χ2n) is 4.10. The van der Waals surface area contributed by atoms with Gasteiger partial charge in [-0.2, -0.15) is 4.39 Å². The van der Waals surface area contributed by atoms with Crippen molar-refractivity contribution in [1.29, 1.82) is 0 Å². The first-order valence-corrected chi connectivity index (χ1v) is 7.86. The van der Waals surface area contributed by atoms with Gasteiger partial charge in [0.05, 0.1) is 20.5 Å². The Morgan fingerprint density at radius 1 is 1.14 bits per heavy atom. The minimum atomic E-state index is -4.19. The van der Waals surface area contributed by atoms with Crippen LogP contribution in [0.4, 0.5) is 15.8 Å². The van der Waals surface area contributed by atoms with Crippen molar-refractivity contribution in [2.45, 2.75) is 4.90 Å². The van der Waals surface area contributed by atoms with Gasteiger partial charge < -0.3 is 0 Å². The molecule has 0 radical (unpaired) electrons. The van der Waals surface area contributed by atoms with Gasteiger partial charge in [-0.15, -0.1) is 0 Å². The van der Waals surface area contributed by atoms with Crippen molar-refractivity contribution in [3.8, 4) is 0 Å². The lowest BCUT2D eigenvalue weighted by Crippen LogP contribution is -2.13. The van der Waals surface area contributed by atoms with Crippen LogP contribution in [-0.2, 0) is 10.0 Å². The second-order valence-corrected chi connectivity index (χ2v) is 6.63. The summed E-state index contributed by atoms with van der Waals surface area (Å²) in [5.41, 5.74) is -0.943. The van der Waals surface area contributed by atoms with E-state index in [-0.39, 0.29) is 15.7 Å². The number of rotatable bonds is 4. The van der Waals surface area contributed by atoms with Crippen LogP contribution in [0.1, 0.15) is 0 Å². The fourth-order valence-corrected chi connectivity index (χ4v) is 3.06. The van der Waals surface area contributed by atoms with Crippen LogP contribution in [0.15, 0.2) is 41.3 Å². The first-order valence-electron chi connectivity index (χ1n) is 5.62. The summed E-state index contributed by atoms with van der Waals surface area (Å²) in [5, 5.41) is 11.0. The Morgan fingerprint density at radius 2 is 1.82 bits per heavy atom. The summed E-state index contributed by atoms with van der Waals surface area (Å²) in [6, 6.07) is 6.35. The Hall–Kier alpha value is -1.90. The van der Waals surface area contributed by atoms with Crippen molar-refractivity contribution in [3.05, 3.63) is 62.4 Å². The molecule has 0 spiro atoms. The monoisotopic (exact) mass is 364 g/mol. The molecule has 0 heterocycles. The van der Waals surface area contributed by atoms with Crippen molar-refractivity contribution >= 4 is 44.6 Å². The number of halogens is 3. The molecule has 0 aliphatic heterocycles. The molecule has 0 saturated carbocycles. The van der Waals surface area contributed by atoms with Crippen molar-refractivity contribution in [3.63, 3.8) is 0 Å². The van der Waals surface area contributed by atoms with Crippen LogP contribution in [0.25, 0.3) is 0 Å². The van der Waals surface area contributed by atoms with Gasteiger partial charge in [0.25, 0.3) is 10.0 Å². The quantitative estimate of drug-likeness (QED) is 0.659. The Bertz CT molecular complexity index is 858. The molecule has 0 saturated heterocycles. The van der Waals surface area contributed by atoms with E-state index >= 15 is 0 Å². The average Bonchev–Trinajstić information content (AvgIpc) is 2.42. The summed E-state index contributed by atoms with van der Waals surface area (Å²) in [6.45, 7) is 0. The second kappa shape index (κ2) is 6.07. The summed E-state index contributed by atoms with van der Waals surface area (Å²) < 4.78 is 39.8. The number of nitro benzene ring substituents is 1. The molecule has 10 heteroatoms. The first-order chi connectivity index (χ1) is 10.2. The number of hydrogen-bond acceptors (Lipinski definition) is 4. The SMILES string of the molecule is O=[N+]([O-])c1cc(S(=O)(=O)Nc2cc(Cl)ccc2Cl)ccc1F. The summed E-state index contributed by atoms with van der Waals surface area (Å²) in [6.07, 6.45) is 0. The molecule has 0 fully saturated rings. The Labute approximate surface area is 134 Å². The molecule has 2 rings (SSSR count). The molecule has 0 unspecified atom stereocenters. The van der Waals surface area contributed by atoms with E-state index in [1.165, 1.54) is 18.2 Å². The first kappa shape index (κ1) is 16.5. The predicted molar refractivity (Wildman–Crippen MR) is 80.3 cm³/mol. The maximum atomic E-state index is 13.3. The van der Waals surface area contributed by atoms with Gasteiger partial charge in [-0.05, 0) is 30.3 Å². The zero-order valence-corrected chi connectivity index (χ0v) is 12.9. The van der Waals surface area contributed by atoms with Gasteiger partial charge in [0.1, 0.15) is 0 Å². The van der Waals surface area contributed by atoms with Crippen LogP contribution in [0, 0.1) is 15.9 Å². The molecule has 2 aromatic rings. The minimum Gasteiger partial charge on any atom is -0.278 e. The molecule has 0 amide bonds. The predicted octanol–water partition coefficient (Wildman–Crippen LogP) is 3.84. The van der Waals surface area contributed by atoms with E-state index in [1.807, 2.05) is 0 Å². The van der Waals surface area contributed by atoms with Gasteiger partial charge in [0.2, 0.25) is 5.82 Å². The largest absolute Gasteiger partial charge is 0.306 e. The molecule has 0 aromatic heterocycles. The standard InChI is InChI=1S/C12H7Cl2FN2O4S/c13-7-1-3-9(14)11(5-7)16-22(20,21)8-2-4-10(15)12(6-8)17(18)19/h1-6,16H. The van der Waals surface area contributed by atoms with E-state index in [4.69, 9.17) is 23.2 Å². The van der Waals surface area contributed by atoms with E-state index in [0.717, 1.165) is 6.07 Å². The maximum Gasteiger partial charge on any atom is 0.306 e. The van der Waals surface area contributed by atoms with Crippen LogP contribution in [0.5, 0.6) is 0 Å². The highest BCUT2D eigenvalue weighted by atomic mass is 35.5. The highest BCUT2D eigenvalue weighted by molar-refractivity contribution is 7.92. The number of hydrogen-bond donors (Lipinski definition) is 1. The lowest BCUT2D eigenvalue weighted by atomic mass is 10.3. The van der Waals surface area contributed by atoms with Gasteiger partial charge in [0, 0.05) is 11.1 Å². The molecule has 22 heavy (non-hydrogen) atoms. The lowest BCUT2D eigenvalue weighted by Gasteiger charge is -2.10. The molecule has 0 aliphatic rings. The number of nitrogens with one attached hydrogen (secondary N) is 1. The average molecular weight is 365 g/mol. The van der Waals surface area contributed by atoms with Crippen molar-refractivity contribution in [2.75, 3.05) is 4.72 Å². The van der Waals surface area contributed by atoms with Gasteiger partial charge in [-0.25, -0.2) is 8.42 Å². The third-order valence-electron chi connectivity index (χ3n) is 2.60. The van der Waals surface area contributed by atoms with Crippen LogP contribution in [-0.4, -0.2) is 13.3 Å². The maximum absolute atomic E-state index is 13.3. The molecular weight excluding hydrogens is 358 g/mol. The summed E-state index contributed by atoms with van der Waals surface area (Å²) >= 11 is 11.6. The molecule has 0 aliphatic carbocycles. The fourth-order valence-electron chi connectivity index (χ4n) is 1.58. The third kappa shape index (κ3) is 3.46. The fraction of sp³-hybridized carbons (Fsp3) is 0. The molecule has 116 valence electrons. The lowest BCUT2D eigenvalue weighted by molar-refractivity contribution is -0.387. The molecule has 2 aromatic carbocycles. The number of benzene rings is 2. The Morgan fingerprint density at radius 3 is 2.45 bits per heavy atom.